The Hall–Kier alpha value is -2.54. The highest BCUT2D eigenvalue weighted by atomic mass is 16.3. The zero-order chi connectivity index (χ0) is 27.8. The fraction of sp³-hybridized carbons (Fsp3) is 0.500. The summed E-state index contributed by atoms with van der Waals surface area (Å²) >= 11 is 0. The van der Waals surface area contributed by atoms with Crippen LogP contribution in [-0.2, 0) is 5.11 Å². The lowest BCUT2D eigenvalue weighted by molar-refractivity contribution is 0.358. The number of benzene rings is 3. The third-order valence-electron chi connectivity index (χ3n) is 7.82. The van der Waals surface area contributed by atoms with Crippen LogP contribution in [0.25, 0.3) is 22.3 Å². The molecule has 0 heterocycles. The molecule has 0 bridgehead atoms. The van der Waals surface area contributed by atoms with Crippen molar-refractivity contribution < 1.29 is 5.11 Å². The molecule has 0 saturated heterocycles. The summed E-state index contributed by atoms with van der Waals surface area (Å²) in [5.74, 6) is 2.38. The summed E-state index contributed by atoms with van der Waals surface area (Å²) in [6, 6.07) is 15.6. The monoisotopic (exact) mass is 497 g/mol. The van der Waals surface area contributed by atoms with Crippen LogP contribution in [0.5, 0.6) is 5.75 Å². The topological polar surface area (TPSA) is 19.9 Å². The van der Waals surface area contributed by atoms with Gasteiger partial charge in [-0.2, -0.15) is 0 Å². The molecule has 3 aromatic carbocycles. The molecule has 199 valence electrons. The maximum Gasteiger partial charge on any atom is 0.194 e. The van der Waals surface area contributed by atoms with Crippen molar-refractivity contribution in [3.63, 3.8) is 0 Å². The van der Waals surface area contributed by atoms with E-state index in [1.807, 2.05) is 0 Å². The summed E-state index contributed by atoms with van der Waals surface area (Å²) in [5.41, 5.74) is 11.8. The first-order chi connectivity index (χ1) is 17.3. The van der Waals surface area contributed by atoms with E-state index >= 15 is 0 Å². The van der Waals surface area contributed by atoms with Gasteiger partial charge < -0.3 is 0 Å². The summed E-state index contributed by atoms with van der Waals surface area (Å²) in [4.78, 5) is 0. The maximum atomic E-state index is 14.5. The lowest BCUT2D eigenvalue weighted by Crippen LogP contribution is -2.05. The second-order valence-corrected chi connectivity index (χ2v) is 12.8. The van der Waals surface area contributed by atoms with Gasteiger partial charge in [0.15, 0.2) is 5.75 Å². The SMILES string of the molecule is CC(C)c1cc(C(C)C)c(-c2cccc(-c3c(C(C)C)cc(C(C)C)cc3C(C)C)c2[O])c(C(C)C)c1. The Morgan fingerprint density at radius 1 is 0.432 bits per heavy atom. The van der Waals surface area contributed by atoms with Crippen molar-refractivity contribution in [2.45, 2.75) is 119 Å². The molecule has 1 radical (unpaired) electrons. The molecule has 1 nitrogen and oxygen atoms in total. The van der Waals surface area contributed by atoms with Gasteiger partial charge in [-0.05, 0) is 80.0 Å². The molecule has 3 aromatic rings. The highest BCUT2D eigenvalue weighted by molar-refractivity contribution is 5.87. The molecule has 0 aromatic heterocycles. The first-order valence-corrected chi connectivity index (χ1v) is 14.4. The third kappa shape index (κ3) is 5.82. The molecule has 0 unspecified atom stereocenters. The van der Waals surface area contributed by atoms with E-state index in [9.17, 15) is 5.11 Å². The van der Waals surface area contributed by atoms with Gasteiger partial charge in [0, 0.05) is 11.1 Å². The van der Waals surface area contributed by atoms with Crippen molar-refractivity contribution in [3.05, 3.63) is 75.8 Å². The van der Waals surface area contributed by atoms with Crippen molar-refractivity contribution in [3.8, 4) is 28.0 Å². The van der Waals surface area contributed by atoms with Crippen LogP contribution >= 0.6 is 0 Å². The molecular weight excluding hydrogens is 448 g/mol. The second kappa shape index (κ2) is 11.5. The average molecular weight is 498 g/mol. The van der Waals surface area contributed by atoms with E-state index in [-0.39, 0.29) is 5.75 Å². The fourth-order valence-electron chi connectivity index (χ4n) is 5.46. The second-order valence-electron chi connectivity index (χ2n) is 12.8. The number of hydrogen-bond acceptors (Lipinski definition) is 0. The van der Waals surface area contributed by atoms with Crippen LogP contribution in [0.2, 0.25) is 0 Å². The minimum atomic E-state index is 0.157. The van der Waals surface area contributed by atoms with Crippen molar-refractivity contribution in [1.82, 2.24) is 0 Å². The predicted octanol–water partition coefficient (Wildman–Crippen LogP) is 11.9. The molecule has 0 fully saturated rings. The summed E-state index contributed by atoms with van der Waals surface area (Å²) in [7, 11) is 0. The van der Waals surface area contributed by atoms with Gasteiger partial charge in [0.1, 0.15) is 0 Å². The Labute approximate surface area is 227 Å². The summed E-state index contributed by atoms with van der Waals surface area (Å²) in [6.45, 7) is 27.0. The zero-order valence-corrected chi connectivity index (χ0v) is 25.4. The molecule has 0 saturated carbocycles. The zero-order valence-electron chi connectivity index (χ0n) is 25.4. The Morgan fingerprint density at radius 2 is 0.703 bits per heavy atom. The van der Waals surface area contributed by atoms with Gasteiger partial charge in [0.25, 0.3) is 0 Å². The van der Waals surface area contributed by atoms with Crippen molar-refractivity contribution in [1.29, 1.82) is 0 Å². The number of hydrogen-bond donors (Lipinski definition) is 0. The Balaban J connectivity index is 2.44. The summed E-state index contributed by atoms with van der Waals surface area (Å²) < 4.78 is 0. The van der Waals surface area contributed by atoms with E-state index in [1.54, 1.807) is 0 Å². The average Bonchev–Trinajstić information content (AvgIpc) is 2.82. The Morgan fingerprint density at radius 3 is 0.919 bits per heavy atom. The number of rotatable bonds is 8. The highest BCUT2D eigenvalue weighted by Crippen LogP contribution is 2.48. The minimum Gasteiger partial charge on any atom is -0.289 e. The van der Waals surface area contributed by atoms with Crippen LogP contribution in [0.15, 0.2) is 42.5 Å². The molecular formula is C36H49O. The molecule has 0 aliphatic heterocycles. The van der Waals surface area contributed by atoms with Gasteiger partial charge in [-0.1, -0.05) is 126 Å². The van der Waals surface area contributed by atoms with Gasteiger partial charge in [-0.15, -0.1) is 0 Å². The lowest BCUT2D eigenvalue weighted by atomic mass is 9.79. The summed E-state index contributed by atoms with van der Waals surface area (Å²) in [6.07, 6.45) is 0. The maximum absolute atomic E-state index is 14.5. The molecule has 37 heavy (non-hydrogen) atoms. The Kier molecular flexibility index (Phi) is 8.99. The van der Waals surface area contributed by atoms with E-state index < -0.39 is 0 Å². The lowest BCUT2D eigenvalue weighted by Gasteiger charge is -2.26. The van der Waals surface area contributed by atoms with E-state index in [4.69, 9.17) is 0 Å². The van der Waals surface area contributed by atoms with Gasteiger partial charge in [0.05, 0.1) is 0 Å². The van der Waals surface area contributed by atoms with Gasteiger partial charge in [0.2, 0.25) is 0 Å². The van der Waals surface area contributed by atoms with E-state index in [2.05, 4.69) is 126 Å². The van der Waals surface area contributed by atoms with Crippen molar-refractivity contribution in [2.24, 2.45) is 0 Å². The molecule has 0 N–H and O–H groups in total. The quantitative estimate of drug-likeness (QED) is 0.295. The standard InChI is InChI=1S/C36H49O/c1-20(2)26-16-30(22(5)6)34(31(17-26)23(7)8)28-14-13-15-29(36(28)37)35-32(24(9)10)18-27(21(3)4)19-33(35)25(11)12/h13-25H,1-12H3. The van der Waals surface area contributed by atoms with E-state index in [0.717, 1.165) is 22.3 Å². The Bertz CT molecular complexity index is 1090. The van der Waals surface area contributed by atoms with Crippen LogP contribution < -0.4 is 0 Å². The van der Waals surface area contributed by atoms with Gasteiger partial charge in [-0.3, -0.25) is 5.11 Å². The van der Waals surface area contributed by atoms with Crippen LogP contribution in [0.3, 0.4) is 0 Å². The normalized spacial score (nSPS) is 12.3. The molecule has 0 aliphatic carbocycles. The van der Waals surface area contributed by atoms with Crippen LogP contribution in [0.4, 0.5) is 0 Å². The first-order valence-electron chi connectivity index (χ1n) is 14.4. The minimum absolute atomic E-state index is 0.157. The number of para-hydroxylation sites is 1. The highest BCUT2D eigenvalue weighted by Gasteiger charge is 2.26. The summed E-state index contributed by atoms with van der Waals surface area (Å²) in [5, 5.41) is 14.5. The van der Waals surface area contributed by atoms with Crippen LogP contribution in [0.1, 0.15) is 152 Å². The molecule has 3 rings (SSSR count). The molecule has 1 heteroatoms. The fourth-order valence-corrected chi connectivity index (χ4v) is 5.46. The molecule has 0 aliphatic rings. The van der Waals surface area contributed by atoms with E-state index in [0.29, 0.717) is 35.5 Å². The molecule has 0 amide bonds. The van der Waals surface area contributed by atoms with Crippen LogP contribution in [-0.4, -0.2) is 0 Å². The smallest absolute Gasteiger partial charge is 0.194 e. The van der Waals surface area contributed by atoms with Crippen LogP contribution in [0, 0.1) is 0 Å². The van der Waals surface area contributed by atoms with Crippen molar-refractivity contribution >= 4 is 0 Å². The predicted molar refractivity (Wildman–Crippen MR) is 162 cm³/mol. The van der Waals surface area contributed by atoms with Gasteiger partial charge in [-0.25, -0.2) is 0 Å². The largest absolute Gasteiger partial charge is 0.289 e. The van der Waals surface area contributed by atoms with Gasteiger partial charge >= 0.3 is 0 Å². The van der Waals surface area contributed by atoms with E-state index in [1.165, 1.54) is 33.4 Å². The third-order valence-corrected chi connectivity index (χ3v) is 7.82. The molecule has 0 atom stereocenters. The molecule has 0 spiro atoms. The first kappa shape index (κ1) is 29.0. The van der Waals surface area contributed by atoms with Crippen molar-refractivity contribution in [2.75, 3.05) is 0 Å².